The van der Waals surface area contributed by atoms with E-state index in [4.69, 9.17) is 9.47 Å². The second kappa shape index (κ2) is 4.64. The van der Waals surface area contributed by atoms with Crippen molar-refractivity contribution >= 4 is 11.9 Å². The molecule has 0 bridgehead atoms. The average Bonchev–Trinajstić information content (AvgIpc) is 2.45. The molecule has 0 radical (unpaired) electrons. The van der Waals surface area contributed by atoms with Crippen LogP contribution in [0.2, 0.25) is 0 Å². The van der Waals surface area contributed by atoms with Gasteiger partial charge < -0.3 is 14.8 Å². The van der Waals surface area contributed by atoms with Gasteiger partial charge in [0.2, 0.25) is 0 Å². The number of amides is 1. The SMILES string of the molecule is CC(=O)C1(C)COCC1NC(=O)OC(C)(C)C. The van der Waals surface area contributed by atoms with Crippen molar-refractivity contribution in [2.45, 2.75) is 46.3 Å². The van der Waals surface area contributed by atoms with Crippen molar-refractivity contribution in [3.63, 3.8) is 0 Å². The number of Topliss-reactive ketones (excluding diaryl/α,β-unsaturated/α-hetero) is 1. The van der Waals surface area contributed by atoms with Crippen LogP contribution in [0.5, 0.6) is 0 Å². The molecule has 0 aromatic carbocycles. The minimum Gasteiger partial charge on any atom is -0.444 e. The van der Waals surface area contributed by atoms with E-state index in [1.165, 1.54) is 6.92 Å². The molecular weight excluding hydrogens is 222 g/mol. The van der Waals surface area contributed by atoms with Crippen molar-refractivity contribution in [3.05, 3.63) is 0 Å². The molecule has 98 valence electrons. The molecule has 0 spiro atoms. The fraction of sp³-hybridized carbons (Fsp3) is 0.833. The molecular formula is C12H21NO4. The average molecular weight is 243 g/mol. The zero-order valence-electron chi connectivity index (χ0n) is 11.1. The van der Waals surface area contributed by atoms with E-state index in [0.717, 1.165) is 0 Å². The quantitative estimate of drug-likeness (QED) is 0.798. The van der Waals surface area contributed by atoms with E-state index in [1.807, 2.05) is 0 Å². The van der Waals surface area contributed by atoms with Gasteiger partial charge in [-0.2, -0.15) is 0 Å². The van der Waals surface area contributed by atoms with Gasteiger partial charge in [-0.3, -0.25) is 4.79 Å². The molecule has 0 saturated carbocycles. The van der Waals surface area contributed by atoms with Crippen molar-refractivity contribution in [2.75, 3.05) is 13.2 Å². The number of hydrogen-bond acceptors (Lipinski definition) is 4. The highest BCUT2D eigenvalue weighted by atomic mass is 16.6. The predicted molar refractivity (Wildman–Crippen MR) is 62.8 cm³/mol. The summed E-state index contributed by atoms with van der Waals surface area (Å²) in [6, 6.07) is -0.324. The van der Waals surface area contributed by atoms with Crippen LogP contribution in [-0.4, -0.2) is 36.7 Å². The highest BCUT2D eigenvalue weighted by Crippen LogP contribution is 2.29. The zero-order valence-corrected chi connectivity index (χ0v) is 11.1. The first kappa shape index (κ1) is 14.0. The number of alkyl carbamates (subject to hydrolysis) is 1. The first-order valence-electron chi connectivity index (χ1n) is 5.73. The van der Waals surface area contributed by atoms with Crippen molar-refractivity contribution in [1.82, 2.24) is 5.32 Å². The molecule has 0 aromatic heterocycles. The van der Waals surface area contributed by atoms with Gasteiger partial charge in [0.15, 0.2) is 0 Å². The predicted octanol–water partition coefficient (Wildman–Crippen LogP) is 1.51. The van der Waals surface area contributed by atoms with Gasteiger partial charge in [0.1, 0.15) is 11.4 Å². The fourth-order valence-electron chi connectivity index (χ4n) is 1.67. The maximum atomic E-state index is 11.6. The zero-order chi connectivity index (χ0) is 13.3. The monoisotopic (exact) mass is 243 g/mol. The van der Waals surface area contributed by atoms with Crippen LogP contribution in [0.25, 0.3) is 0 Å². The van der Waals surface area contributed by atoms with Crippen molar-refractivity contribution < 1.29 is 19.1 Å². The topological polar surface area (TPSA) is 64.6 Å². The van der Waals surface area contributed by atoms with Crippen LogP contribution in [0.4, 0.5) is 4.79 Å². The molecule has 0 aliphatic carbocycles. The number of nitrogens with one attached hydrogen (secondary N) is 1. The molecule has 1 rings (SSSR count). The number of hydrogen-bond donors (Lipinski definition) is 1. The normalized spacial score (nSPS) is 28.9. The van der Waals surface area contributed by atoms with Crippen LogP contribution < -0.4 is 5.32 Å². The highest BCUT2D eigenvalue weighted by molar-refractivity contribution is 5.84. The molecule has 5 nitrogen and oxygen atoms in total. The smallest absolute Gasteiger partial charge is 0.407 e. The molecule has 1 N–H and O–H groups in total. The summed E-state index contributed by atoms with van der Waals surface area (Å²) in [5.74, 6) is 0.0102. The highest BCUT2D eigenvalue weighted by Gasteiger charge is 2.45. The molecule has 5 heteroatoms. The standard InChI is InChI=1S/C12H21NO4/c1-8(14)12(5)7-16-6-9(12)13-10(15)17-11(2,3)4/h9H,6-7H2,1-5H3,(H,13,15). The van der Waals surface area contributed by atoms with Crippen LogP contribution in [-0.2, 0) is 14.3 Å². The molecule has 17 heavy (non-hydrogen) atoms. The number of rotatable bonds is 2. The number of carbonyl (C=O) groups is 2. The number of ether oxygens (including phenoxy) is 2. The summed E-state index contributed by atoms with van der Waals surface area (Å²) < 4.78 is 10.4. The summed E-state index contributed by atoms with van der Waals surface area (Å²) in [4.78, 5) is 23.2. The largest absolute Gasteiger partial charge is 0.444 e. The van der Waals surface area contributed by atoms with Gasteiger partial charge in [-0.1, -0.05) is 0 Å². The Bertz CT molecular complexity index is 321. The molecule has 0 aromatic rings. The lowest BCUT2D eigenvalue weighted by Crippen LogP contribution is -2.50. The third kappa shape index (κ3) is 3.43. The van der Waals surface area contributed by atoms with E-state index < -0.39 is 17.1 Å². The minimum absolute atomic E-state index is 0.0102. The van der Waals surface area contributed by atoms with Gasteiger partial charge in [0.05, 0.1) is 24.7 Å². The van der Waals surface area contributed by atoms with E-state index in [9.17, 15) is 9.59 Å². The Hall–Kier alpha value is -1.10. The van der Waals surface area contributed by atoms with E-state index in [-0.39, 0.29) is 11.8 Å². The van der Waals surface area contributed by atoms with E-state index in [2.05, 4.69) is 5.32 Å². The molecule has 1 aliphatic rings. The summed E-state index contributed by atoms with van der Waals surface area (Å²) >= 11 is 0. The molecule has 1 fully saturated rings. The molecule has 1 heterocycles. The van der Waals surface area contributed by atoms with Gasteiger partial charge >= 0.3 is 6.09 Å². The lowest BCUT2D eigenvalue weighted by Gasteiger charge is -2.28. The summed E-state index contributed by atoms with van der Waals surface area (Å²) in [5.41, 5.74) is -1.20. The third-order valence-electron chi connectivity index (χ3n) is 2.95. The molecule has 1 amide bonds. The van der Waals surface area contributed by atoms with Crippen LogP contribution in [0, 0.1) is 5.41 Å². The molecule has 1 saturated heterocycles. The maximum absolute atomic E-state index is 11.6. The second-order valence-electron chi connectivity index (χ2n) is 5.69. The Morgan fingerprint density at radius 2 is 2.00 bits per heavy atom. The summed E-state index contributed by atoms with van der Waals surface area (Å²) in [6.45, 7) is 9.37. The van der Waals surface area contributed by atoms with E-state index in [1.54, 1.807) is 27.7 Å². The Balaban J connectivity index is 2.63. The summed E-state index contributed by atoms with van der Waals surface area (Å²) in [6.07, 6.45) is -0.513. The lowest BCUT2D eigenvalue weighted by atomic mass is 9.82. The lowest BCUT2D eigenvalue weighted by molar-refractivity contribution is -0.126. The first-order chi connectivity index (χ1) is 7.65. The van der Waals surface area contributed by atoms with E-state index in [0.29, 0.717) is 13.2 Å². The van der Waals surface area contributed by atoms with Gasteiger partial charge in [-0.05, 0) is 34.6 Å². The first-order valence-corrected chi connectivity index (χ1v) is 5.73. The van der Waals surface area contributed by atoms with Crippen LogP contribution in [0.1, 0.15) is 34.6 Å². The molecule has 1 aliphatic heterocycles. The van der Waals surface area contributed by atoms with Crippen molar-refractivity contribution in [3.8, 4) is 0 Å². The molecule has 2 atom stereocenters. The van der Waals surface area contributed by atoms with Crippen LogP contribution in [0.3, 0.4) is 0 Å². The molecule has 2 unspecified atom stereocenters. The summed E-state index contributed by atoms with van der Waals surface area (Å²) in [7, 11) is 0. The number of carbonyl (C=O) groups excluding carboxylic acids is 2. The fourth-order valence-corrected chi connectivity index (χ4v) is 1.67. The van der Waals surface area contributed by atoms with Crippen LogP contribution in [0.15, 0.2) is 0 Å². The van der Waals surface area contributed by atoms with Gasteiger partial charge in [-0.15, -0.1) is 0 Å². The van der Waals surface area contributed by atoms with Gasteiger partial charge in [0, 0.05) is 0 Å². The minimum atomic E-state index is -0.656. The Morgan fingerprint density at radius 3 is 2.47 bits per heavy atom. The number of ketones is 1. The maximum Gasteiger partial charge on any atom is 0.407 e. The third-order valence-corrected chi connectivity index (χ3v) is 2.95. The second-order valence-corrected chi connectivity index (χ2v) is 5.69. The van der Waals surface area contributed by atoms with Crippen molar-refractivity contribution in [1.29, 1.82) is 0 Å². The Kier molecular flexibility index (Phi) is 3.81. The van der Waals surface area contributed by atoms with Crippen molar-refractivity contribution in [2.24, 2.45) is 5.41 Å². The Morgan fingerprint density at radius 1 is 1.41 bits per heavy atom. The van der Waals surface area contributed by atoms with Gasteiger partial charge in [0.25, 0.3) is 0 Å². The Labute approximate surface area is 102 Å². The van der Waals surface area contributed by atoms with E-state index >= 15 is 0 Å². The van der Waals surface area contributed by atoms with Gasteiger partial charge in [-0.25, -0.2) is 4.79 Å². The summed E-state index contributed by atoms with van der Waals surface area (Å²) in [5, 5.41) is 2.70. The van der Waals surface area contributed by atoms with Crippen LogP contribution >= 0.6 is 0 Å².